The molecular formula is C12H11FN2O2S. The average molecular weight is 266 g/mol. The van der Waals surface area contributed by atoms with E-state index >= 15 is 0 Å². The van der Waals surface area contributed by atoms with Crippen molar-refractivity contribution >= 4 is 21.4 Å². The van der Waals surface area contributed by atoms with Gasteiger partial charge in [0.05, 0.1) is 10.6 Å². The van der Waals surface area contributed by atoms with E-state index in [1.54, 1.807) is 18.2 Å². The van der Waals surface area contributed by atoms with Crippen LogP contribution in [-0.2, 0) is 10.0 Å². The van der Waals surface area contributed by atoms with Crippen molar-refractivity contribution in [3.05, 3.63) is 54.3 Å². The van der Waals surface area contributed by atoms with Crippen LogP contribution in [0.1, 0.15) is 0 Å². The van der Waals surface area contributed by atoms with Gasteiger partial charge < -0.3 is 5.73 Å². The number of rotatable bonds is 3. The van der Waals surface area contributed by atoms with Crippen LogP contribution >= 0.6 is 0 Å². The summed E-state index contributed by atoms with van der Waals surface area (Å²) in [6.45, 7) is 0. The third-order valence-electron chi connectivity index (χ3n) is 2.29. The molecule has 0 aliphatic heterocycles. The zero-order chi connectivity index (χ0) is 13.2. The van der Waals surface area contributed by atoms with Gasteiger partial charge in [-0.1, -0.05) is 18.2 Å². The topological polar surface area (TPSA) is 72.2 Å². The second-order valence-electron chi connectivity index (χ2n) is 3.66. The maximum absolute atomic E-state index is 13.5. The molecule has 0 fully saturated rings. The summed E-state index contributed by atoms with van der Waals surface area (Å²) in [6.07, 6.45) is 0. The molecule has 0 unspecified atom stereocenters. The minimum Gasteiger partial charge on any atom is -0.399 e. The van der Waals surface area contributed by atoms with Gasteiger partial charge in [0.1, 0.15) is 5.82 Å². The van der Waals surface area contributed by atoms with Gasteiger partial charge in [-0.25, -0.2) is 12.8 Å². The molecule has 2 rings (SSSR count). The first-order valence-electron chi connectivity index (χ1n) is 5.12. The summed E-state index contributed by atoms with van der Waals surface area (Å²) in [5, 5.41) is 0. The van der Waals surface area contributed by atoms with Gasteiger partial charge in [0.25, 0.3) is 10.0 Å². The van der Waals surface area contributed by atoms with Crippen molar-refractivity contribution in [3.8, 4) is 0 Å². The van der Waals surface area contributed by atoms with E-state index in [-0.39, 0.29) is 16.3 Å². The Bertz CT molecular complexity index is 657. The number of nitrogens with two attached hydrogens (primary N) is 1. The summed E-state index contributed by atoms with van der Waals surface area (Å²) in [6, 6.07) is 11.5. The SMILES string of the molecule is Nc1ccc(NS(=O)(=O)c2ccccc2)c(F)c1. The number of hydrogen-bond donors (Lipinski definition) is 2. The van der Waals surface area contributed by atoms with E-state index in [1.807, 2.05) is 0 Å². The number of nitrogens with one attached hydrogen (secondary N) is 1. The molecule has 4 nitrogen and oxygen atoms in total. The summed E-state index contributed by atoms with van der Waals surface area (Å²) in [4.78, 5) is 0.0706. The molecule has 0 aliphatic rings. The minimum absolute atomic E-state index is 0.0706. The second-order valence-corrected chi connectivity index (χ2v) is 5.34. The van der Waals surface area contributed by atoms with Crippen LogP contribution in [0.5, 0.6) is 0 Å². The number of hydrogen-bond acceptors (Lipinski definition) is 3. The Morgan fingerprint density at radius 1 is 1.06 bits per heavy atom. The fraction of sp³-hybridized carbons (Fsp3) is 0. The molecule has 0 saturated carbocycles. The van der Waals surface area contributed by atoms with Crippen LogP contribution in [0, 0.1) is 5.82 Å². The lowest BCUT2D eigenvalue weighted by atomic mass is 10.3. The van der Waals surface area contributed by atoms with Crippen molar-refractivity contribution in [2.45, 2.75) is 4.90 Å². The van der Waals surface area contributed by atoms with Gasteiger partial charge in [0.15, 0.2) is 0 Å². The number of anilines is 2. The third-order valence-corrected chi connectivity index (χ3v) is 3.67. The van der Waals surface area contributed by atoms with Crippen LogP contribution in [0.15, 0.2) is 53.4 Å². The summed E-state index contributed by atoms with van der Waals surface area (Å²) in [5.41, 5.74) is 5.49. The first kappa shape index (κ1) is 12.4. The smallest absolute Gasteiger partial charge is 0.261 e. The molecule has 0 saturated heterocycles. The van der Waals surface area contributed by atoms with Crippen LogP contribution in [0.4, 0.5) is 15.8 Å². The zero-order valence-electron chi connectivity index (χ0n) is 9.30. The fourth-order valence-corrected chi connectivity index (χ4v) is 2.51. The van der Waals surface area contributed by atoms with Crippen molar-refractivity contribution in [2.75, 3.05) is 10.5 Å². The first-order valence-corrected chi connectivity index (χ1v) is 6.60. The van der Waals surface area contributed by atoms with Gasteiger partial charge in [-0.05, 0) is 30.3 Å². The Balaban J connectivity index is 2.34. The molecule has 18 heavy (non-hydrogen) atoms. The Hall–Kier alpha value is -2.08. The Kier molecular flexibility index (Phi) is 3.20. The Labute approximate surface area is 104 Å². The second kappa shape index (κ2) is 4.66. The van der Waals surface area contributed by atoms with Crippen LogP contribution in [0.25, 0.3) is 0 Å². The van der Waals surface area contributed by atoms with Crippen molar-refractivity contribution in [1.29, 1.82) is 0 Å². The van der Waals surface area contributed by atoms with Gasteiger partial charge in [-0.15, -0.1) is 0 Å². The summed E-state index contributed by atoms with van der Waals surface area (Å²) in [5.74, 6) is -0.713. The van der Waals surface area contributed by atoms with Crippen molar-refractivity contribution in [2.24, 2.45) is 0 Å². The average Bonchev–Trinajstić information content (AvgIpc) is 2.34. The fourth-order valence-electron chi connectivity index (χ4n) is 1.42. The molecular weight excluding hydrogens is 255 g/mol. The van der Waals surface area contributed by atoms with E-state index in [4.69, 9.17) is 5.73 Å². The summed E-state index contributed by atoms with van der Waals surface area (Å²) in [7, 11) is -3.78. The molecule has 0 aliphatic carbocycles. The number of nitrogen functional groups attached to an aromatic ring is 1. The molecule has 2 aromatic rings. The number of halogens is 1. The van der Waals surface area contributed by atoms with E-state index in [1.165, 1.54) is 24.3 Å². The lowest BCUT2D eigenvalue weighted by Crippen LogP contribution is -2.13. The van der Waals surface area contributed by atoms with E-state index < -0.39 is 15.8 Å². The maximum Gasteiger partial charge on any atom is 0.261 e. The molecule has 0 bridgehead atoms. The van der Waals surface area contributed by atoms with Gasteiger partial charge >= 0.3 is 0 Å². The highest BCUT2D eigenvalue weighted by atomic mass is 32.2. The maximum atomic E-state index is 13.5. The summed E-state index contributed by atoms with van der Waals surface area (Å²) < 4.78 is 39.5. The van der Waals surface area contributed by atoms with Gasteiger partial charge in [0, 0.05) is 5.69 Å². The molecule has 3 N–H and O–H groups in total. The third kappa shape index (κ3) is 2.60. The summed E-state index contributed by atoms with van der Waals surface area (Å²) >= 11 is 0. The first-order chi connectivity index (χ1) is 8.49. The molecule has 6 heteroatoms. The normalized spacial score (nSPS) is 11.2. The van der Waals surface area contributed by atoms with Gasteiger partial charge in [0.2, 0.25) is 0 Å². The van der Waals surface area contributed by atoms with E-state index in [2.05, 4.69) is 4.72 Å². The highest BCUT2D eigenvalue weighted by Crippen LogP contribution is 2.20. The van der Waals surface area contributed by atoms with Gasteiger partial charge in [-0.3, -0.25) is 4.72 Å². The number of benzene rings is 2. The largest absolute Gasteiger partial charge is 0.399 e. The van der Waals surface area contributed by atoms with Gasteiger partial charge in [-0.2, -0.15) is 0 Å². The van der Waals surface area contributed by atoms with Crippen LogP contribution < -0.4 is 10.5 Å². The number of sulfonamides is 1. The van der Waals surface area contributed by atoms with Crippen molar-refractivity contribution in [3.63, 3.8) is 0 Å². The predicted octanol–water partition coefficient (Wildman–Crippen LogP) is 2.21. The van der Waals surface area contributed by atoms with E-state index in [0.717, 1.165) is 6.07 Å². The molecule has 94 valence electrons. The van der Waals surface area contributed by atoms with E-state index in [9.17, 15) is 12.8 Å². The highest BCUT2D eigenvalue weighted by Gasteiger charge is 2.15. The lowest BCUT2D eigenvalue weighted by Gasteiger charge is -2.09. The quantitative estimate of drug-likeness (QED) is 0.837. The Morgan fingerprint density at radius 2 is 1.72 bits per heavy atom. The molecule has 0 heterocycles. The van der Waals surface area contributed by atoms with Crippen molar-refractivity contribution < 1.29 is 12.8 Å². The van der Waals surface area contributed by atoms with Crippen molar-refractivity contribution in [1.82, 2.24) is 0 Å². The monoisotopic (exact) mass is 266 g/mol. The van der Waals surface area contributed by atoms with Crippen LogP contribution in [0.3, 0.4) is 0 Å². The molecule has 2 aromatic carbocycles. The van der Waals surface area contributed by atoms with E-state index in [0.29, 0.717) is 0 Å². The van der Waals surface area contributed by atoms with Crippen LogP contribution in [-0.4, -0.2) is 8.42 Å². The molecule has 0 atom stereocenters. The lowest BCUT2D eigenvalue weighted by molar-refractivity contribution is 0.598. The Morgan fingerprint density at radius 3 is 2.33 bits per heavy atom. The highest BCUT2D eigenvalue weighted by molar-refractivity contribution is 7.92. The molecule has 0 radical (unpaired) electrons. The standard InChI is InChI=1S/C12H11FN2O2S/c13-11-8-9(14)6-7-12(11)15-18(16,17)10-4-2-1-3-5-10/h1-8,15H,14H2. The minimum atomic E-state index is -3.78. The zero-order valence-corrected chi connectivity index (χ0v) is 10.1. The molecule has 0 aromatic heterocycles. The predicted molar refractivity (Wildman–Crippen MR) is 68.1 cm³/mol. The van der Waals surface area contributed by atoms with Crippen LogP contribution in [0.2, 0.25) is 0 Å². The molecule has 0 spiro atoms. The molecule has 0 amide bonds.